The minimum atomic E-state index is -3.98. The van der Waals surface area contributed by atoms with Gasteiger partial charge in [-0.15, -0.1) is 34.0 Å². The highest BCUT2D eigenvalue weighted by atomic mass is 32.2. The Morgan fingerprint density at radius 1 is 0.822 bits per heavy atom. The number of carbonyl (C=O) groups excluding carboxylic acids is 1. The van der Waals surface area contributed by atoms with Crippen molar-refractivity contribution in [3.05, 3.63) is 51.7 Å². The standard InChI is InChI=1S/C37H53NO3S4/c1-9-13-16-23-36(5,6)29-21-19-27(42-29)32-31-34(45(40,41)38(35(31)39)25-26(12-4)18-15-11-3)33(44-32)28-20-22-30(43-28)37(7,8)24-17-14-10-2/h10,14,19-22,26H,9,11-13,15-18,23-25H2,1-8H3/b14-10-. The van der Waals surface area contributed by atoms with Gasteiger partial charge in [0.15, 0.2) is 0 Å². The Balaban J connectivity index is 1.81. The van der Waals surface area contributed by atoms with Gasteiger partial charge in [-0.3, -0.25) is 4.79 Å². The van der Waals surface area contributed by atoms with Crippen molar-refractivity contribution in [2.75, 3.05) is 6.54 Å². The van der Waals surface area contributed by atoms with Gasteiger partial charge in [0.2, 0.25) is 0 Å². The summed E-state index contributed by atoms with van der Waals surface area (Å²) >= 11 is 4.88. The predicted molar refractivity (Wildman–Crippen MR) is 197 cm³/mol. The van der Waals surface area contributed by atoms with E-state index in [1.54, 1.807) is 22.7 Å². The van der Waals surface area contributed by atoms with Crippen LogP contribution < -0.4 is 0 Å². The highest BCUT2D eigenvalue weighted by molar-refractivity contribution is 7.90. The van der Waals surface area contributed by atoms with E-state index in [4.69, 9.17) is 0 Å². The Bertz CT molecular complexity index is 1580. The van der Waals surface area contributed by atoms with E-state index in [-0.39, 0.29) is 34.1 Å². The number of nitrogens with zero attached hydrogens (tertiary/aromatic N) is 1. The molecule has 3 aromatic rings. The Morgan fingerprint density at radius 3 is 2.00 bits per heavy atom. The summed E-state index contributed by atoms with van der Waals surface area (Å²) in [4.78, 5) is 20.4. The normalized spacial score (nSPS) is 15.8. The molecular weight excluding hydrogens is 635 g/mol. The summed E-state index contributed by atoms with van der Waals surface area (Å²) in [5, 5.41) is 0. The van der Waals surface area contributed by atoms with Crippen LogP contribution in [0.1, 0.15) is 140 Å². The molecule has 4 heterocycles. The van der Waals surface area contributed by atoms with Crippen molar-refractivity contribution >= 4 is 49.9 Å². The monoisotopic (exact) mass is 687 g/mol. The first kappa shape index (κ1) is 36.1. The number of sulfonamides is 1. The van der Waals surface area contributed by atoms with E-state index in [1.807, 2.05) is 6.92 Å². The van der Waals surface area contributed by atoms with Crippen molar-refractivity contribution < 1.29 is 13.2 Å². The number of unbranched alkanes of at least 4 members (excludes halogenated alkanes) is 3. The summed E-state index contributed by atoms with van der Waals surface area (Å²) in [5.41, 5.74) is 0.379. The van der Waals surface area contributed by atoms with E-state index in [0.29, 0.717) is 5.56 Å². The third kappa shape index (κ3) is 7.71. The molecule has 1 amide bonds. The first-order valence-electron chi connectivity index (χ1n) is 16.9. The van der Waals surface area contributed by atoms with Crippen LogP contribution in [-0.2, 0) is 20.9 Å². The summed E-state index contributed by atoms with van der Waals surface area (Å²) in [6.45, 7) is 17.9. The number of carbonyl (C=O) groups is 1. The molecule has 45 heavy (non-hydrogen) atoms. The van der Waals surface area contributed by atoms with Crippen LogP contribution in [0.5, 0.6) is 0 Å². The molecule has 8 heteroatoms. The van der Waals surface area contributed by atoms with E-state index >= 15 is 0 Å². The summed E-state index contributed by atoms with van der Waals surface area (Å²) in [5.74, 6) is -0.190. The van der Waals surface area contributed by atoms with Crippen molar-refractivity contribution in [1.29, 1.82) is 0 Å². The quantitative estimate of drug-likeness (QED) is 0.105. The van der Waals surface area contributed by atoms with Crippen LogP contribution in [0, 0.1) is 5.92 Å². The fourth-order valence-corrected chi connectivity index (χ4v) is 12.2. The summed E-state index contributed by atoms with van der Waals surface area (Å²) < 4.78 is 29.9. The maximum Gasteiger partial charge on any atom is 0.270 e. The maximum atomic E-state index is 14.4. The maximum absolute atomic E-state index is 14.4. The summed E-state index contributed by atoms with van der Waals surface area (Å²) in [6, 6.07) is 8.53. The number of fused-ring (bicyclic) bond motifs is 1. The third-order valence-corrected chi connectivity index (χ3v) is 15.8. The van der Waals surface area contributed by atoms with Crippen LogP contribution in [0.25, 0.3) is 19.5 Å². The zero-order valence-corrected chi connectivity index (χ0v) is 31.9. The van der Waals surface area contributed by atoms with Crippen molar-refractivity contribution in [2.45, 2.75) is 135 Å². The van der Waals surface area contributed by atoms with Gasteiger partial charge < -0.3 is 0 Å². The van der Waals surface area contributed by atoms with E-state index < -0.39 is 10.0 Å². The lowest BCUT2D eigenvalue weighted by atomic mass is 9.85. The molecule has 3 aromatic heterocycles. The molecular formula is C37H53NO3S4. The predicted octanol–water partition coefficient (Wildman–Crippen LogP) is 12.1. The summed E-state index contributed by atoms with van der Waals surface area (Å²) in [7, 11) is -3.98. The molecule has 0 N–H and O–H groups in total. The van der Waals surface area contributed by atoms with Crippen LogP contribution in [0.4, 0.5) is 0 Å². The number of thiophene rings is 3. The van der Waals surface area contributed by atoms with Gasteiger partial charge in [0, 0.05) is 26.1 Å². The number of allylic oxidation sites excluding steroid dienone is 2. The molecule has 0 radical (unpaired) electrons. The van der Waals surface area contributed by atoms with Gasteiger partial charge in [0.25, 0.3) is 15.9 Å². The summed E-state index contributed by atoms with van der Waals surface area (Å²) in [6.07, 6.45) is 14.9. The average Bonchev–Trinajstić information content (AvgIpc) is 3.78. The van der Waals surface area contributed by atoms with Crippen molar-refractivity contribution in [1.82, 2.24) is 4.31 Å². The molecule has 248 valence electrons. The molecule has 1 aliphatic rings. The molecule has 0 bridgehead atoms. The van der Waals surface area contributed by atoms with Gasteiger partial charge in [-0.25, -0.2) is 12.7 Å². The second-order valence-electron chi connectivity index (χ2n) is 13.9. The van der Waals surface area contributed by atoms with Gasteiger partial charge in [0.1, 0.15) is 4.90 Å². The number of hydrogen-bond acceptors (Lipinski definition) is 6. The number of amides is 1. The molecule has 0 spiro atoms. The van der Waals surface area contributed by atoms with Gasteiger partial charge in [-0.1, -0.05) is 99.1 Å². The Labute approximate surface area is 285 Å². The lowest BCUT2D eigenvalue weighted by Gasteiger charge is -2.23. The zero-order valence-electron chi connectivity index (χ0n) is 28.6. The lowest BCUT2D eigenvalue weighted by molar-refractivity contribution is 0.0855. The van der Waals surface area contributed by atoms with Crippen LogP contribution in [0.2, 0.25) is 0 Å². The van der Waals surface area contributed by atoms with E-state index in [1.165, 1.54) is 44.7 Å². The van der Waals surface area contributed by atoms with Gasteiger partial charge >= 0.3 is 0 Å². The molecule has 0 saturated heterocycles. The molecule has 1 aliphatic heterocycles. The molecule has 4 nitrogen and oxygen atoms in total. The molecule has 0 aliphatic carbocycles. The molecule has 0 aromatic carbocycles. The lowest BCUT2D eigenvalue weighted by Crippen LogP contribution is -2.35. The topological polar surface area (TPSA) is 54.5 Å². The molecule has 0 saturated carbocycles. The molecule has 4 rings (SSSR count). The minimum absolute atomic E-state index is 0.0261. The Kier molecular flexibility index (Phi) is 12.0. The fraction of sp³-hybridized carbons (Fsp3) is 0.595. The van der Waals surface area contributed by atoms with Gasteiger partial charge in [0.05, 0.1) is 15.3 Å². The zero-order chi connectivity index (χ0) is 33.0. The second kappa shape index (κ2) is 15.0. The minimum Gasteiger partial charge on any atom is -0.268 e. The number of rotatable bonds is 17. The van der Waals surface area contributed by atoms with E-state index in [2.05, 4.69) is 84.9 Å². The largest absolute Gasteiger partial charge is 0.270 e. The molecule has 0 fully saturated rings. The van der Waals surface area contributed by atoms with Gasteiger partial charge in [-0.05, 0) is 73.6 Å². The smallest absolute Gasteiger partial charge is 0.268 e. The van der Waals surface area contributed by atoms with E-state index in [0.717, 1.165) is 64.5 Å². The van der Waals surface area contributed by atoms with E-state index in [9.17, 15) is 13.2 Å². The second-order valence-corrected chi connectivity index (χ2v) is 18.9. The average molecular weight is 688 g/mol. The Hall–Kier alpha value is -1.74. The first-order valence-corrected chi connectivity index (χ1v) is 20.8. The van der Waals surface area contributed by atoms with Crippen LogP contribution >= 0.6 is 34.0 Å². The number of hydrogen-bond donors (Lipinski definition) is 0. The highest BCUT2D eigenvalue weighted by Crippen LogP contribution is 2.53. The highest BCUT2D eigenvalue weighted by Gasteiger charge is 2.48. The molecule has 1 atom stereocenters. The van der Waals surface area contributed by atoms with Crippen molar-refractivity contribution in [3.63, 3.8) is 0 Å². The first-order chi connectivity index (χ1) is 21.3. The van der Waals surface area contributed by atoms with Gasteiger partial charge in [-0.2, -0.15) is 0 Å². The third-order valence-electron chi connectivity index (χ3n) is 9.39. The fourth-order valence-electron chi connectivity index (χ4n) is 6.19. The molecule has 1 unspecified atom stereocenters. The van der Waals surface area contributed by atoms with Crippen LogP contribution in [-0.4, -0.2) is 25.2 Å². The SMILES string of the molecule is C/C=C\CCC(C)(C)c1ccc(-c2sc(-c3ccc(C(C)(C)CCCCC)s3)c3c2S(=O)(=O)N(CC(CC)CCCC)C3=O)s1. The van der Waals surface area contributed by atoms with Crippen LogP contribution in [0.3, 0.4) is 0 Å². The van der Waals surface area contributed by atoms with Crippen molar-refractivity contribution in [2.24, 2.45) is 5.92 Å². The van der Waals surface area contributed by atoms with Crippen LogP contribution in [0.15, 0.2) is 41.3 Å². The van der Waals surface area contributed by atoms with Crippen molar-refractivity contribution in [3.8, 4) is 19.5 Å². The Morgan fingerprint density at radius 2 is 1.42 bits per heavy atom.